The molecule has 0 saturated heterocycles. The fourth-order valence-electron chi connectivity index (χ4n) is 2.33. The maximum Gasteiger partial charge on any atom is 0.128 e. The Balaban J connectivity index is 2.05. The van der Waals surface area contributed by atoms with Gasteiger partial charge in [-0.25, -0.2) is 0 Å². The summed E-state index contributed by atoms with van der Waals surface area (Å²) in [5.41, 5.74) is 1.74. The molecule has 0 heterocycles. The van der Waals surface area contributed by atoms with Gasteiger partial charge in [0, 0.05) is 55.5 Å². The molecule has 0 atom stereocenters. The largest absolute Gasteiger partial charge is 0.507 e. The van der Waals surface area contributed by atoms with Crippen molar-refractivity contribution in [3.63, 3.8) is 0 Å². The molecule has 6 heteroatoms. The van der Waals surface area contributed by atoms with Crippen LogP contribution in [0.3, 0.4) is 0 Å². The van der Waals surface area contributed by atoms with Gasteiger partial charge >= 0.3 is 0 Å². The van der Waals surface area contributed by atoms with Crippen LogP contribution in [-0.2, 0) is 0 Å². The van der Waals surface area contributed by atoms with Crippen LogP contribution < -0.4 is 9.64 Å². The highest BCUT2D eigenvalue weighted by Crippen LogP contribution is 2.24. The van der Waals surface area contributed by atoms with E-state index in [1.165, 1.54) is 0 Å². The Kier molecular flexibility index (Phi) is 6.45. The van der Waals surface area contributed by atoms with Crippen LogP contribution in [0.15, 0.2) is 46.4 Å². The van der Waals surface area contributed by atoms with Crippen LogP contribution >= 0.6 is 0 Å². The maximum atomic E-state index is 10.1. The average molecular weight is 369 g/mol. The summed E-state index contributed by atoms with van der Waals surface area (Å²) in [4.78, 5) is 10.9. The van der Waals surface area contributed by atoms with Crippen LogP contribution in [0.1, 0.15) is 25.0 Å². The second kappa shape index (κ2) is 8.58. The Labute approximate surface area is 160 Å². The van der Waals surface area contributed by atoms with E-state index in [1.54, 1.807) is 43.8 Å². The standard InChI is InChI=1S/C21H27N3O3/c1-21(2,23-13-16-7-9-18(27-5)11-20(16)26)14-22-12-15-6-8-17(24(3)4)10-19(15)25/h6-13,25-26H,14H2,1-5H3. The van der Waals surface area contributed by atoms with Crippen LogP contribution in [0.5, 0.6) is 17.2 Å². The van der Waals surface area contributed by atoms with Gasteiger partial charge in [0.25, 0.3) is 0 Å². The van der Waals surface area contributed by atoms with Crippen LogP contribution in [0.25, 0.3) is 0 Å². The highest BCUT2D eigenvalue weighted by atomic mass is 16.5. The lowest BCUT2D eigenvalue weighted by Crippen LogP contribution is -2.21. The number of aromatic hydroxyl groups is 2. The summed E-state index contributed by atoms with van der Waals surface area (Å²) in [6, 6.07) is 10.5. The van der Waals surface area contributed by atoms with E-state index in [2.05, 4.69) is 9.98 Å². The number of nitrogens with zero attached hydrogens (tertiary/aromatic N) is 3. The second-order valence-corrected chi connectivity index (χ2v) is 7.10. The maximum absolute atomic E-state index is 10.1. The van der Waals surface area contributed by atoms with Gasteiger partial charge in [-0.2, -0.15) is 0 Å². The molecule has 2 aromatic carbocycles. The zero-order chi connectivity index (χ0) is 20.0. The first-order valence-electron chi connectivity index (χ1n) is 8.64. The van der Waals surface area contributed by atoms with Gasteiger partial charge in [0.1, 0.15) is 17.2 Å². The van der Waals surface area contributed by atoms with Crippen molar-refractivity contribution in [2.45, 2.75) is 19.4 Å². The van der Waals surface area contributed by atoms with E-state index in [0.29, 0.717) is 23.4 Å². The molecule has 2 rings (SSSR count). The average Bonchev–Trinajstić information content (AvgIpc) is 2.61. The molecule has 0 aliphatic carbocycles. The molecule has 0 radical (unpaired) electrons. The molecule has 0 aliphatic rings. The molecule has 0 fully saturated rings. The van der Waals surface area contributed by atoms with Crippen molar-refractivity contribution >= 4 is 18.1 Å². The van der Waals surface area contributed by atoms with E-state index in [9.17, 15) is 10.2 Å². The lowest BCUT2D eigenvalue weighted by atomic mass is 10.1. The van der Waals surface area contributed by atoms with Gasteiger partial charge in [-0.05, 0) is 38.1 Å². The van der Waals surface area contributed by atoms with Gasteiger partial charge in [-0.15, -0.1) is 0 Å². The molecular weight excluding hydrogens is 342 g/mol. The van der Waals surface area contributed by atoms with Gasteiger partial charge in [0.05, 0.1) is 19.2 Å². The molecule has 0 bridgehead atoms. The van der Waals surface area contributed by atoms with Gasteiger partial charge in [0.15, 0.2) is 0 Å². The predicted octanol–water partition coefficient (Wildman–Crippen LogP) is 3.49. The molecule has 2 aromatic rings. The number of methoxy groups -OCH3 is 1. The fourth-order valence-corrected chi connectivity index (χ4v) is 2.33. The number of ether oxygens (including phenoxy) is 1. The van der Waals surface area contributed by atoms with E-state index in [-0.39, 0.29) is 11.5 Å². The number of rotatable bonds is 7. The smallest absolute Gasteiger partial charge is 0.128 e. The molecule has 0 unspecified atom stereocenters. The third kappa shape index (κ3) is 5.74. The highest BCUT2D eigenvalue weighted by Gasteiger charge is 2.14. The SMILES string of the molecule is COc1ccc(C=NC(C)(C)CN=Cc2ccc(N(C)C)cc2O)c(O)c1. The number of anilines is 1. The summed E-state index contributed by atoms with van der Waals surface area (Å²) < 4.78 is 5.07. The van der Waals surface area contributed by atoms with Crippen molar-refractivity contribution in [1.82, 2.24) is 0 Å². The number of benzene rings is 2. The molecule has 2 N–H and O–H groups in total. The van der Waals surface area contributed by atoms with Crippen LogP contribution in [0.2, 0.25) is 0 Å². The molecule has 0 spiro atoms. The normalized spacial score (nSPS) is 12.0. The Bertz CT molecular complexity index is 843. The topological polar surface area (TPSA) is 77.7 Å². The van der Waals surface area contributed by atoms with E-state index in [4.69, 9.17) is 4.74 Å². The molecular formula is C21H27N3O3. The van der Waals surface area contributed by atoms with Crippen molar-refractivity contribution in [3.05, 3.63) is 47.5 Å². The quantitative estimate of drug-likeness (QED) is 0.733. The lowest BCUT2D eigenvalue weighted by Gasteiger charge is -2.17. The summed E-state index contributed by atoms with van der Waals surface area (Å²) in [6.45, 7) is 4.35. The van der Waals surface area contributed by atoms with Crippen molar-refractivity contribution in [3.8, 4) is 17.2 Å². The number of hydrogen-bond donors (Lipinski definition) is 2. The van der Waals surface area contributed by atoms with Crippen LogP contribution in [0.4, 0.5) is 5.69 Å². The number of phenolic OH excluding ortho intramolecular Hbond substituents is 2. The lowest BCUT2D eigenvalue weighted by molar-refractivity contribution is 0.407. The zero-order valence-electron chi connectivity index (χ0n) is 16.5. The highest BCUT2D eigenvalue weighted by molar-refractivity contribution is 5.85. The van der Waals surface area contributed by atoms with Gasteiger partial charge in [-0.3, -0.25) is 9.98 Å². The Morgan fingerprint density at radius 1 is 1.00 bits per heavy atom. The molecule has 0 amide bonds. The molecule has 27 heavy (non-hydrogen) atoms. The van der Waals surface area contributed by atoms with Gasteiger partial charge in [0.2, 0.25) is 0 Å². The Morgan fingerprint density at radius 3 is 2.22 bits per heavy atom. The van der Waals surface area contributed by atoms with E-state index >= 15 is 0 Å². The molecule has 0 saturated carbocycles. The van der Waals surface area contributed by atoms with Crippen LogP contribution in [0, 0.1) is 0 Å². The molecule has 0 aromatic heterocycles. The van der Waals surface area contributed by atoms with Gasteiger partial charge < -0.3 is 19.8 Å². The minimum Gasteiger partial charge on any atom is -0.507 e. The summed E-state index contributed by atoms with van der Waals surface area (Å²) in [7, 11) is 5.39. The van der Waals surface area contributed by atoms with Crippen molar-refractivity contribution < 1.29 is 14.9 Å². The first-order valence-corrected chi connectivity index (χ1v) is 8.64. The van der Waals surface area contributed by atoms with Crippen molar-refractivity contribution in [2.75, 3.05) is 32.6 Å². The van der Waals surface area contributed by atoms with Gasteiger partial charge in [-0.1, -0.05) is 0 Å². The number of hydrogen-bond acceptors (Lipinski definition) is 6. The minimum atomic E-state index is -0.456. The monoisotopic (exact) mass is 369 g/mol. The summed E-state index contributed by atoms with van der Waals surface area (Å²) >= 11 is 0. The summed E-state index contributed by atoms with van der Waals surface area (Å²) in [6.07, 6.45) is 3.28. The molecule has 6 nitrogen and oxygen atoms in total. The summed E-state index contributed by atoms with van der Waals surface area (Å²) in [5, 5.41) is 20.1. The second-order valence-electron chi connectivity index (χ2n) is 7.10. The van der Waals surface area contributed by atoms with E-state index < -0.39 is 5.54 Å². The third-order valence-corrected chi connectivity index (χ3v) is 4.03. The molecule has 0 aliphatic heterocycles. The number of aliphatic imine (C=N–C) groups is 2. The Morgan fingerprint density at radius 2 is 1.63 bits per heavy atom. The number of phenols is 2. The first-order chi connectivity index (χ1) is 12.7. The Hall–Kier alpha value is -3.02. The minimum absolute atomic E-state index is 0.114. The van der Waals surface area contributed by atoms with Crippen LogP contribution in [-0.4, -0.2) is 55.9 Å². The van der Waals surface area contributed by atoms with Crippen molar-refractivity contribution in [2.24, 2.45) is 9.98 Å². The van der Waals surface area contributed by atoms with E-state index in [1.807, 2.05) is 45.0 Å². The third-order valence-electron chi connectivity index (χ3n) is 4.03. The zero-order valence-corrected chi connectivity index (χ0v) is 16.5. The first kappa shape index (κ1) is 20.3. The van der Waals surface area contributed by atoms with Crippen molar-refractivity contribution in [1.29, 1.82) is 0 Å². The predicted molar refractivity (Wildman–Crippen MR) is 111 cm³/mol. The molecule has 144 valence electrons. The van der Waals surface area contributed by atoms with E-state index in [0.717, 1.165) is 5.69 Å². The fraction of sp³-hybridized carbons (Fsp3) is 0.333. The summed E-state index contributed by atoms with van der Waals surface area (Å²) in [5.74, 6) is 0.895.